The number of aromatic nitrogens is 2. The van der Waals surface area contributed by atoms with E-state index in [4.69, 9.17) is 5.14 Å². The summed E-state index contributed by atoms with van der Waals surface area (Å²) < 4.78 is 22.2. The second kappa shape index (κ2) is 4.08. The average Bonchev–Trinajstić information content (AvgIpc) is 2.15. The van der Waals surface area contributed by atoms with Gasteiger partial charge in [0, 0.05) is 6.20 Å². The normalized spacial score (nSPS) is 13.5. The van der Waals surface area contributed by atoms with Crippen LogP contribution in [0.1, 0.15) is 18.3 Å². The highest BCUT2D eigenvalue weighted by molar-refractivity contribution is 7.90. The van der Waals surface area contributed by atoms with E-state index in [0.717, 1.165) is 5.69 Å². The minimum Gasteiger partial charge on any atom is -0.258 e. The third kappa shape index (κ3) is 2.84. The molecule has 15 heavy (non-hydrogen) atoms. The van der Waals surface area contributed by atoms with Gasteiger partial charge in [-0.3, -0.25) is 9.97 Å². The molecular weight excluding hydrogens is 214 g/mol. The molecular formula is C9H13N3O2S. The van der Waals surface area contributed by atoms with Crippen molar-refractivity contribution < 1.29 is 8.42 Å². The summed E-state index contributed by atoms with van der Waals surface area (Å²) in [5.74, 6) is 0. The van der Waals surface area contributed by atoms with Gasteiger partial charge >= 0.3 is 0 Å². The van der Waals surface area contributed by atoms with Gasteiger partial charge in [0.2, 0.25) is 10.0 Å². The van der Waals surface area contributed by atoms with Crippen molar-refractivity contribution in [3.8, 4) is 0 Å². The number of primary sulfonamides is 1. The highest BCUT2D eigenvalue weighted by Crippen LogP contribution is 2.17. The van der Waals surface area contributed by atoms with Crippen LogP contribution in [0.15, 0.2) is 19.0 Å². The van der Waals surface area contributed by atoms with Gasteiger partial charge in [0.1, 0.15) is 0 Å². The Bertz CT molecular complexity index is 465. The van der Waals surface area contributed by atoms with Crippen molar-refractivity contribution in [2.75, 3.05) is 0 Å². The van der Waals surface area contributed by atoms with Gasteiger partial charge in [0.05, 0.1) is 22.8 Å². The molecule has 82 valence electrons. The van der Waals surface area contributed by atoms with E-state index >= 15 is 0 Å². The number of rotatable bonds is 3. The monoisotopic (exact) mass is 227 g/mol. The largest absolute Gasteiger partial charge is 0.258 e. The Morgan fingerprint density at radius 2 is 2.07 bits per heavy atom. The summed E-state index contributed by atoms with van der Waals surface area (Å²) in [4.78, 5) is 8.04. The van der Waals surface area contributed by atoms with Gasteiger partial charge < -0.3 is 0 Å². The van der Waals surface area contributed by atoms with Crippen molar-refractivity contribution in [3.05, 3.63) is 30.4 Å². The average molecular weight is 227 g/mol. The van der Waals surface area contributed by atoms with Crippen LogP contribution in [-0.4, -0.2) is 23.6 Å². The van der Waals surface area contributed by atoms with E-state index in [1.807, 2.05) is 0 Å². The Morgan fingerprint density at radius 1 is 1.47 bits per heavy atom. The van der Waals surface area contributed by atoms with Crippen LogP contribution in [0.4, 0.5) is 0 Å². The minimum absolute atomic E-state index is 0.352. The van der Waals surface area contributed by atoms with Crippen molar-refractivity contribution in [2.45, 2.75) is 19.1 Å². The van der Waals surface area contributed by atoms with E-state index in [2.05, 4.69) is 16.5 Å². The van der Waals surface area contributed by atoms with E-state index in [0.29, 0.717) is 11.3 Å². The first-order valence-electron chi connectivity index (χ1n) is 4.32. The molecule has 0 amide bonds. The Hall–Kier alpha value is -1.27. The van der Waals surface area contributed by atoms with Gasteiger partial charge in [-0.05, 0) is 19.4 Å². The fourth-order valence-electron chi connectivity index (χ4n) is 0.965. The zero-order chi connectivity index (χ0) is 11.6. The Labute approximate surface area is 89.1 Å². The van der Waals surface area contributed by atoms with Crippen molar-refractivity contribution in [2.24, 2.45) is 5.14 Å². The first kappa shape index (κ1) is 11.8. The highest BCUT2D eigenvalue weighted by Gasteiger charge is 2.20. The van der Waals surface area contributed by atoms with Gasteiger partial charge in [-0.15, -0.1) is 0 Å². The van der Waals surface area contributed by atoms with Crippen LogP contribution < -0.4 is 5.14 Å². The summed E-state index contributed by atoms with van der Waals surface area (Å²) in [5, 5.41) is 4.16. The molecule has 1 heterocycles. The molecule has 0 spiro atoms. The molecule has 0 aliphatic carbocycles. The Morgan fingerprint density at radius 3 is 2.47 bits per heavy atom. The van der Waals surface area contributed by atoms with Crippen molar-refractivity contribution >= 4 is 15.6 Å². The van der Waals surface area contributed by atoms with Crippen LogP contribution in [-0.2, 0) is 10.0 Å². The van der Waals surface area contributed by atoms with Gasteiger partial charge in [-0.25, -0.2) is 13.6 Å². The summed E-state index contributed by atoms with van der Waals surface area (Å²) in [6, 6.07) is 0. The predicted molar refractivity (Wildman–Crippen MR) is 58.4 cm³/mol. The molecule has 0 saturated heterocycles. The fraction of sp³-hybridized carbons (Fsp3) is 0.333. The molecule has 0 fully saturated rings. The van der Waals surface area contributed by atoms with Crippen molar-refractivity contribution in [1.29, 1.82) is 0 Å². The summed E-state index contributed by atoms with van der Waals surface area (Å²) in [6.45, 7) is 6.93. The number of nitrogens with zero attached hydrogens (tertiary/aromatic N) is 2. The maximum Gasteiger partial charge on any atom is 0.215 e. The molecule has 0 aromatic carbocycles. The topological polar surface area (TPSA) is 85.9 Å². The summed E-state index contributed by atoms with van der Waals surface area (Å²) in [6.07, 6.45) is 3.04. The highest BCUT2D eigenvalue weighted by atomic mass is 32.2. The Balaban J connectivity index is 3.01. The van der Waals surface area contributed by atoms with Crippen molar-refractivity contribution in [1.82, 2.24) is 9.97 Å². The van der Waals surface area contributed by atoms with Gasteiger partial charge in [-0.1, -0.05) is 6.58 Å². The molecule has 0 unspecified atom stereocenters. The van der Waals surface area contributed by atoms with Crippen LogP contribution in [0, 0.1) is 6.92 Å². The molecule has 1 aromatic rings. The first-order valence-corrected chi connectivity index (χ1v) is 5.92. The maximum absolute atomic E-state index is 11.1. The SMILES string of the molecule is C=C(c1cnc(C)cn1)[C@@H](C)S(N)(=O)=O. The Kier molecular flexibility index (Phi) is 3.21. The third-order valence-corrected chi connectivity index (χ3v) is 3.36. The fourth-order valence-corrected chi connectivity index (χ4v) is 1.48. The number of sulfonamides is 1. The summed E-state index contributed by atoms with van der Waals surface area (Å²) in [5.41, 5.74) is 1.56. The number of hydrogen-bond acceptors (Lipinski definition) is 4. The van der Waals surface area contributed by atoms with E-state index in [1.165, 1.54) is 13.1 Å². The summed E-state index contributed by atoms with van der Waals surface area (Å²) in [7, 11) is -3.63. The van der Waals surface area contributed by atoms with Gasteiger partial charge in [0.25, 0.3) is 0 Å². The zero-order valence-corrected chi connectivity index (χ0v) is 9.45. The molecule has 2 N–H and O–H groups in total. The second-order valence-corrected chi connectivity index (χ2v) is 5.18. The van der Waals surface area contributed by atoms with Crippen LogP contribution in [0.3, 0.4) is 0 Å². The molecule has 1 rings (SSSR count). The van der Waals surface area contributed by atoms with Gasteiger partial charge in [-0.2, -0.15) is 0 Å². The number of hydrogen-bond donors (Lipinski definition) is 1. The lowest BCUT2D eigenvalue weighted by Crippen LogP contribution is -2.26. The molecule has 6 heteroatoms. The van der Waals surface area contributed by atoms with Crippen LogP contribution in [0.25, 0.3) is 5.57 Å². The molecule has 5 nitrogen and oxygen atoms in total. The summed E-state index contributed by atoms with van der Waals surface area (Å²) >= 11 is 0. The lowest BCUT2D eigenvalue weighted by Gasteiger charge is -2.11. The molecule has 0 saturated carbocycles. The lowest BCUT2D eigenvalue weighted by atomic mass is 10.2. The van der Waals surface area contributed by atoms with Gasteiger partial charge in [0.15, 0.2) is 0 Å². The van der Waals surface area contributed by atoms with E-state index in [9.17, 15) is 8.42 Å². The molecule has 0 bridgehead atoms. The lowest BCUT2D eigenvalue weighted by molar-refractivity contribution is 0.594. The second-order valence-electron chi connectivity index (χ2n) is 3.30. The van der Waals surface area contributed by atoms with Crippen LogP contribution in [0.2, 0.25) is 0 Å². The third-order valence-electron chi connectivity index (χ3n) is 2.09. The predicted octanol–water partition coefficient (Wildman–Crippen LogP) is 0.475. The molecule has 1 aromatic heterocycles. The molecule has 1 atom stereocenters. The van der Waals surface area contributed by atoms with E-state index < -0.39 is 15.3 Å². The molecule has 0 radical (unpaired) electrons. The number of nitrogens with two attached hydrogens (primary N) is 1. The minimum atomic E-state index is -3.63. The van der Waals surface area contributed by atoms with Crippen molar-refractivity contribution in [3.63, 3.8) is 0 Å². The standard InChI is InChI=1S/C9H13N3O2S/c1-6-4-12-9(5-11-6)7(2)8(3)15(10,13)14/h4-5,8H,2H2,1,3H3,(H2,10,13,14)/t8-/m1/s1. The molecule has 0 aliphatic heterocycles. The zero-order valence-electron chi connectivity index (χ0n) is 8.64. The maximum atomic E-state index is 11.1. The smallest absolute Gasteiger partial charge is 0.215 e. The van der Waals surface area contributed by atoms with Crippen LogP contribution in [0.5, 0.6) is 0 Å². The first-order chi connectivity index (χ1) is 6.82. The quantitative estimate of drug-likeness (QED) is 0.813. The van der Waals surface area contributed by atoms with E-state index in [-0.39, 0.29) is 0 Å². The molecule has 0 aliphatic rings. The van der Waals surface area contributed by atoms with E-state index in [1.54, 1.807) is 13.1 Å². The number of aryl methyl sites for hydroxylation is 1. The van der Waals surface area contributed by atoms with Crippen LogP contribution >= 0.6 is 0 Å².